The van der Waals surface area contributed by atoms with E-state index < -0.39 is 0 Å². The fourth-order valence-electron chi connectivity index (χ4n) is 2.18. The molecule has 1 heterocycles. The third kappa shape index (κ3) is 2.62. The molecule has 1 saturated carbocycles. The van der Waals surface area contributed by atoms with Crippen LogP contribution < -0.4 is 5.32 Å². The molecule has 1 N–H and O–H groups in total. The molecule has 0 unspecified atom stereocenters. The monoisotopic (exact) mass is 223 g/mol. The highest BCUT2D eigenvalue weighted by molar-refractivity contribution is 5.15. The topological polar surface area (TPSA) is 39.1 Å². The summed E-state index contributed by atoms with van der Waals surface area (Å²) in [5.41, 5.74) is 2.41. The highest BCUT2D eigenvalue weighted by atomic mass is 16.5. The van der Waals surface area contributed by atoms with E-state index in [2.05, 4.69) is 30.5 Å². The molecular weight excluding hydrogens is 202 g/mol. The summed E-state index contributed by atoms with van der Waals surface area (Å²) in [6, 6.07) is 0.621. The second-order valence-electron chi connectivity index (χ2n) is 4.54. The lowest BCUT2D eigenvalue weighted by Gasteiger charge is -2.35. The number of hydrogen-bond donors (Lipinski definition) is 1. The van der Waals surface area contributed by atoms with Gasteiger partial charge in [0, 0.05) is 38.0 Å². The zero-order valence-corrected chi connectivity index (χ0v) is 10.4. The average Bonchev–Trinajstić information content (AvgIpc) is 2.49. The van der Waals surface area contributed by atoms with Crippen LogP contribution in [0.15, 0.2) is 6.20 Å². The van der Waals surface area contributed by atoms with Crippen LogP contribution in [0.2, 0.25) is 0 Å². The molecule has 2 rings (SSSR count). The molecule has 16 heavy (non-hydrogen) atoms. The Bertz CT molecular complexity index is 342. The molecule has 0 saturated heterocycles. The van der Waals surface area contributed by atoms with E-state index in [9.17, 15) is 0 Å². The average molecular weight is 223 g/mol. The minimum Gasteiger partial charge on any atom is -0.378 e. The van der Waals surface area contributed by atoms with Gasteiger partial charge in [-0.2, -0.15) is 5.10 Å². The van der Waals surface area contributed by atoms with Crippen molar-refractivity contribution in [2.24, 2.45) is 7.05 Å². The highest BCUT2D eigenvalue weighted by Gasteiger charge is 2.28. The molecule has 0 amide bonds. The molecule has 4 nitrogen and oxygen atoms in total. The van der Waals surface area contributed by atoms with E-state index in [1.54, 1.807) is 0 Å². The Morgan fingerprint density at radius 2 is 2.31 bits per heavy atom. The molecule has 4 heteroatoms. The minimum atomic E-state index is 0.484. The normalized spacial score (nSPS) is 24.4. The molecule has 0 spiro atoms. The molecule has 1 fully saturated rings. The first-order valence-electron chi connectivity index (χ1n) is 6.03. The van der Waals surface area contributed by atoms with Gasteiger partial charge >= 0.3 is 0 Å². The van der Waals surface area contributed by atoms with E-state index >= 15 is 0 Å². The van der Waals surface area contributed by atoms with Crippen molar-refractivity contribution in [1.29, 1.82) is 0 Å². The van der Waals surface area contributed by atoms with Crippen LogP contribution in [0.1, 0.15) is 31.0 Å². The molecular formula is C12H21N3O. The zero-order valence-electron chi connectivity index (χ0n) is 10.4. The van der Waals surface area contributed by atoms with Crippen molar-refractivity contribution in [2.45, 2.75) is 45.4 Å². The summed E-state index contributed by atoms with van der Waals surface area (Å²) in [5.74, 6) is 0. The largest absolute Gasteiger partial charge is 0.378 e. The van der Waals surface area contributed by atoms with Gasteiger partial charge in [-0.05, 0) is 26.7 Å². The van der Waals surface area contributed by atoms with Gasteiger partial charge in [0.05, 0.1) is 11.8 Å². The summed E-state index contributed by atoms with van der Waals surface area (Å²) >= 11 is 0. The van der Waals surface area contributed by atoms with Crippen LogP contribution in [0.5, 0.6) is 0 Å². The summed E-state index contributed by atoms with van der Waals surface area (Å²) in [6.07, 6.45) is 4.86. The lowest BCUT2D eigenvalue weighted by molar-refractivity contribution is -0.0102. The molecule has 1 aliphatic carbocycles. The standard InChI is InChI=1S/C12H21N3O/c1-4-16-12-5-11(6-12)13-7-10-8-15(3)14-9(10)2/h8,11-13H,4-7H2,1-3H3. The Hall–Kier alpha value is -0.870. The Morgan fingerprint density at radius 1 is 1.56 bits per heavy atom. The Balaban J connectivity index is 1.71. The molecule has 0 aromatic carbocycles. The second-order valence-corrected chi connectivity index (χ2v) is 4.54. The molecule has 0 radical (unpaired) electrons. The quantitative estimate of drug-likeness (QED) is 0.820. The van der Waals surface area contributed by atoms with Crippen molar-refractivity contribution in [1.82, 2.24) is 15.1 Å². The molecule has 0 aliphatic heterocycles. The van der Waals surface area contributed by atoms with Gasteiger partial charge in [0.2, 0.25) is 0 Å². The van der Waals surface area contributed by atoms with Crippen LogP contribution in [-0.2, 0) is 18.3 Å². The summed E-state index contributed by atoms with van der Waals surface area (Å²) in [7, 11) is 1.96. The first kappa shape index (κ1) is 11.6. The van der Waals surface area contributed by atoms with Crippen LogP contribution in [0.25, 0.3) is 0 Å². The van der Waals surface area contributed by atoms with Gasteiger partial charge in [-0.25, -0.2) is 0 Å². The van der Waals surface area contributed by atoms with E-state index in [-0.39, 0.29) is 0 Å². The molecule has 1 aromatic heterocycles. The van der Waals surface area contributed by atoms with Crippen LogP contribution in [-0.4, -0.2) is 28.5 Å². The fraction of sp³-hybridized carbons (Fsp3) is 0.750. The van der Waals surface area contributed by atoms with E-state index in [0.29, 0.717) is 12.1 Å². The number of nitrogens with one attached hydrogen (secondary N) is 1. The van der Waals surface area contributed by atoms with Gasteiger partial charge in [-0.3, -0.25) is 4.68 Å². The molecule has 1 aromatic rings. The summed E-state index contributed by atoms with van der Waals surface area (Å²) in [5, 5.41) is 7.87. The fourth-order valence-corrected chi connectivity index (χ4v) is 2.18. The van der Waals surface area contributed by atoms with Crippen molar-refractivity contribution >= 4 is 0 Å². The third-order valence-corrected chi connectivity index (χ3v) is 3.19. The van der Waals surface area contributed by atoms with E-state index in [4.69, 9.17) is 4.74 Å². The van der Waals surface area contributed by atoms with Crippen molar-refractivity contribution in [3.8, 4) is 0 Å². The summed E-state index contributed by atoms with van der Waals surface area (Å²) in [4.78, 5) is 0. The number of hydrogen-bond acceptors (Lipinski definition) is 3. The maximum Gasteiger partial charge on any atom is 0.0638 e. The van der Waals surface area contributed by atoms with Crippen LogP contribution >= 0.6 is 0 Å². The van der Waals surface area contributed by atoms with Crippen molar-refractivity contribution in [3.63, 3.8) is 0 Å². The predicted molar refractivity (Wildman–Crippen MR) is 63.2 cm³/mol. The van der Waals surface area contributed by atoms with Gasteiger partial charge in [-0.1, -0.05) is 0 Å². The zero-order chi connectivity index (χ0) is 11.5. The number of ether oxygens (including phenoxy) is 1. The first-order valence-corrected chi connectivity index (χ1v) is 6.03. The highest BCUT2D eigenvalue weighted by Crippen LogP contribution is 2.23. The summed E-state index contributed by atoms with van der Waals surface area (Å²) in [6.45, 7) is 5.86. The first-order chi connectivity index (χ1) is 7.69. The van der Waals surface area contributed by atoms with Crippen molar-refractivity contribution in [2.75, 3.05) is 6.61 Å². The van der Waals surface area contributed by atoms with Crippen LogP contribution in [0.3, 0.4) is 0 Å². The van der Waals surface area contributed by atoms with Gasteiger partial charge < -0.3 is 10.1 Å². The molecule has 90 valence electrons. The predicted octanol–water partition coefficient (Wildman–Crippen LogP) is 1.39. The second kappa shape index (κ2) is 4.97. The number of nitrogens with zero attached hydrogens (tertiary/aromatic N) is 2. The smallest absolute Gasteiger partial charge is 0.0638 e. The van der Waals surface area contributed by atoms with Gasteiger partial charge in [-0.15, -0.1) is 0 Å². The SMILES string of the molecule is CCOC1CC(NCc2cn(C)nc2C)C1. The van der Waals surface area contributed by atoms with Crippen molar-refractivity contribution < 1.29 is 4.74 Å². The lowest BCUT2D eigenvalue weighted by atomic mass is 9.89. The van der Waals surface area contributed by atoms with Gasteiger partial charge in [0.25, 0.3) is 0 Å². The molecule has 0 bridgehead atoms. The maximum atomic E-state index is 5.53. The van der Waals surface area contributed by atoms with Crippen molar-refractivity contribution in [3.05, 3.63) is 17.5 Å². The molecule has 0 atom stereocenters. The molecule has 1 aliphatic rings. The van der Waals surface area contributed by atoms with Gasteiger partial charge in [0.15, 0.2) is 0 Å². The number of aromatic nitrogens is 2. The number of aryl methyl sites for hydroxylation is 2. The minimum absolute atomic E-state index is 0.484. The van der Waals surface area contributed by atoms with Crippen LogP contribution in [0.4, 0.5) is 0 Å². The van der Waals surface area contributed by atoms with E-state index in [0.717, 1.165) is 31.7 Å². The van der Waals surface area contributed by atoms with Gasteiger partial charge in [0.1, 0.15) is 0 Å². The van der Waals surface area contributed by atoms with Crippen LogP contribution in [0, 0.1) is 6.92 Å². The Labute approximate surface area is 97.0 Å². The lowest BCUT2D eigenvalue weighted by Crippen LogP contribution is -2.45. The van der Waals surface area contributed by atoms with E-state index in [1.807, 2.05) is 11.7 Å². The third-order valence-electron chi connectivity index (χ3n) is 3.19. The summed E-state index contributed by atoms with van der Waals surface area (Å²) < 4.78 is 7.40. The van der Waals surface area contributed by atoms with E-state index in [1.165, 1.54) is 5.56 Å². The maximum absolute atomic E-state index is 5.53. The Morgan fingerprint density at radius 3 is 2.88 bits per heavy atom. The Kier molecular flexibility index (Phi) is 3.61. The number of rotatable bonds is 5.